The number of carbonyl (C=O) groups is 1. The van der Waals surface area contributed by atoms with Gasteiger partial charge in [0.1, 0.15) is 6.10 Å². The van der Waals surface area contributed by atoms with Gasteiger partial charge < -0.3 is 4.74 Å². The van der Waals surface area contributed by atoms with Gasteiger partial charge in [-0.3, -0.25) is 4.79 Å². The monoisotopic (exact) mass is 496 g/mol. The van der Waals surface area contributed by atoms with Gasteiger partial charge >= 0.3 is 5.97 Å². The van der Waals surface area contributed by atoms with Gasteiger partial charge in [0.2, 0.25) is 0 Å². The minimum absolute atomic E-state index is 0.00179. The number of halogens is 2. The maximum absolute atomic E-state index is 12.4. The quantitative estimate of drug-likeness (QED) is 0.266. The van der Waals surface area contributed by atoms with Crippen molar-refractivity contribution in [2.45, 2.75) is 63.4 Å². The van der Waals surface area contributed by atoms with E-state index in [9.17, 15) is 4.79 Å². The lowest BCUT2D eigenvalue weighted by Crippen LogP contribution is -2.35. The molecule has 2 atom stereocenters. The van der Waals surface area contributed by atoms with Crippen LogP contribution in [0.4, 0.5) is 0 Å². The van der Waals surface area contributed by atoms with Gasteiger partial charge in [-0.25, -0.2) is 0 Å². The largest absolute Gasteiger partial charge is 0.462 e. The lowest BCUT2D eigenvalue weighted by molar-refractivity contribution is -0.158. The molecule has 0 bridgehead atoms. The number of esters is 1. The summed E-state index contributed by atoms with van der Waals surface area (Å²) in [5, 5.41) is 1.57. The molecule has 4 heteroatoms. The first-order valence-electron chi connectivity index (χ1n) is 12.3. The minimum atomic E-state index is -0.00179. The molecule has 2 nitrogen and oxygen atoms in total. The van der Waals surface area contributed by atoms with E-state index in [2.05, 4.69) is 0 Å². The summed E-state index contributed by atoms with van der Waals surface area (Å²) < 4.78 is 5.78. The SMILES string of the molecule is Clc1ccccc1.O=C(OC1CCCCCC1)[C@@H]1CC[C@@H]1c1ccccc1Cl.c1ccccc1. The standard InChI is InChI=1S/C18H23ClO2.C6H5Cl.C6H6/c19-17-10-6-5-9-15(17)14-11-12-16(14)18(20)21-13-7-3-1-2-4-8-13;7-6-4-2-1-3-5-6;1-2-4-6-5-3-1/h5-6,9-10,13-14,16H,1-4,7-8,11-12H2;1-5H;1-6H/t14-,16-;;/m1../s1. The number of rotatable bonds is 3. The third-order valence-corrected chi connectivity index (χ3v) is 6.96. The molecule has 0 spiro atoms. The fraction of sp³-hybridized carbons (Fsp3) is 0.367. The highest BCUT2D eigenvalue weighted by Gasteiger charge is 2.40. The number of benzene rings is 3. The molecule has 2 aliphatic carbocycles. The molecule has 0 unspecified atom stereocenters. The van der Waals surface area contributed by atoms with Gasteiger partial charge in [0, 0.05) is 10.0 Å². The van der Waals surface area contributed by atoms with Crippen molar-refractivity contribution in [3.63, 3.8) is 0 Å². The van der Waals surface area contributed by atoms with Crippen molar-refractivity contribution in [2.24, 2.45) is 5.92 Å². The second-order valence-corrected chi connectivity index (χ2v) is 9.66. The average molecular weight is 498 g/mol. The van der Waals surface area contributed by atoms with E-state index in [1.54, 1.807) is 0 Å². The van der Waals surface area contributed by atoms with Crippen LogP contribution >= 0.6 is 23.2 Å². The third-order valence-electron chi connectivity index (χ3n) is 6.37. The van der Waals surface area contributed by atoms with Crippen molar-refractivity contribution >= 4 is 29.2 Å². The smallest absolute Gasteiger partial charge is 0.309 e. The zero-order chi connectivity index (χ0) is 24.0. The van der Waals surface area contributed by atoms with Gasteiger partial charge in [-0.1, -0.05) is 109 Å². The van der Waals surface area contributed by atoms with Crippen LogP contribution in [0.15, 0.2) is 91.0 Å². The molecular formula is C30H34Cl2O2. The molecule has 2 aliphatic rings. The van der Waals surface area contributed by atoms with Crippen LogP contribution in [0.5, 0.6) is 0 Å². The molecule has 180 valence electrons. The van der Waals surface area contributed by atoms with Gasteiger partial charge in [0.25, 0.3) is 0 Å². The summed E-state index contributed by atoms with van der Waals surface area (Å²) in [7, 11) is 0. The van der Waals surface area contributed by atoms with Gasteiger partial charge in [-0.05, 0) is 68.2 Å². The van der Waals surface area contributed by atoms with Gasteiger partial charge in [-0.2, -0.15) is 0 Å². The Balaban J connectivity index is 0.000000202. The Morgan fingerprint density at radius 3 is 1.65 bits per heavy atom. The first-order valence-corrected chi connectivity index (χ1v) is 13.1. The van der Waals surface area contributed by atoms with Crippen LogP contribution in [-0.2, 0) is 9.53 Å². The summed E-state index contributed by atoms with van der Waals surface area (Å²) in [5.74, 6) is 0.253. The molecule has 34 heavy (non-hydrogen) atoms. The van der Waals surface area contributed by atoms with Crippen molar-refractivity contribution < 1.29 is 9.53 Å². The van der Waals surface area contributed by atoms with Crippen molar-refractivity contribution in [2.75, 3.05) is 0 Å². The summed E-state index contributed by atoms with van der Waals surface area (Å²) >= 11 is 11.8. The van der Waals surface area contributed by atoms with Crippen molar-refractivity contribution in [1.29, 1.82) is 0 Å². The highest BCUT2D eigenvalue weighted by Crippen LogP contribution is 2.45. The Hall–Kier alpha value is -2.29. The molecule has 0 radical (unpaired) electrons. The summed E-state index contributed by atoms with van der Waals surface area (Å²) in [6.45, 7) is 0. The predicted octanol–water partition coefficient (Wildman–Crippen LogP) is 9.13. The molecule has 0 aromatic heterocycles. The second kappa shape index (κ2) is 14.9. The van der Waals surface area contributed by atoms with Crippen LogP contribution in [0, 0.1) is 5.92 Å². The van der Waals surface area contributed by atoms with E-state index in [1.165, 1.54) is 25.7 Å². The summed E-state index contributed by atoms with van der Waals surface area (Å²) in [5.41, 5.74) is 1.10. The summed E-state index contributed by atoms with van der Waals surface area (Å²) in [4.78, 5) is 12.4. The molecule has 0 saturated heterocycles. The number of hydrogen-bond acceptors (Lipinski definition) is 2. The Bertz CT molecular complexity index is 927. The minimum Gasteiger partial charge on any atom is -0.462 e. The lowest BCUT2D eigenvalue weighted by atomic mass is 9.70. The van der Waals surface area contributed by atoms with Crippen molar-refractivity contribution in [1.82, 2.24) is 0 Å². The average Bonchev–Trinajstić information content (AvgIpc) is 3.11. The van der Waals surface area contributed by atoms with Crippen LogP contribution in [0.1, 0.15) is 62.8 Å². The highest BCUT2D eigenvalue weighted by molar-refractivity contribution is 6.31. The number of carbonyl (C=O) groups excluding carboxylic acids is 1. The first kappa shape index (κ1) is 26.3. The van der Waals surface area contributed by atoms with Crippen LogP contribution in [-0.4, -0.2) is 12.1 Å². The molecule has 0 N–H and O–H groups in total. The van der Waals surface area contributed by atoms with Crippen LogP contribution in [0.25, 0.3) is 0 Å². The Morgan fingerprint density at radius 2 is 1.18 bits per heavy atom. The van der Waals surface area contributed by atoms with Crippen molar-refractivity contribution in [3.05, 3.63) is 107 Å². The fourth-order valence-corrected chi connectivity index (χ4v) is 4.76. The Morgan fingerprint density at radius 1 is 0.647 bits per heavy atom. The van der Waals surface area contributed by atoms with Gasteiger partial charge in [0.15, 0.2) is 0 Å². The van der Waals surface area contributed by atoms with E-state index in [0.29, 0.717) is 0 Å². The highest BCUT2D eigenvalue weighted by atomic mass is 35.5. The van der Waals surface area contributed by atoms with E-state index in [-0.39, 0.29) is 23.9 Å². The molecule has 3 aromatic rings. The maximum Gasteiger partial charge on any atom is 0.309 e. The predicted molar refractivity (Wildman–Crippen MR) is 142 cm³/mol. The fourth-order valence-electron chi connectivity index (χ4n) is 4.34. The second-order valence-electron chi connectivity index (χ2n) is 8.81. The molecule has 5 rings (SSSR count). The third kappa shape index (κ3) is 8.81. The molecule has 3 aromatic carbocycles. The van der Waals surface area contributed by atoms with Crippen LogP contribution in [0.3, 0.4) is 0 Å². The number of hydrogen-bond donors (Lipinski definition) is 0. The van der Waals surface area contributed by atoms with E-state index in [1.807, 2.05) is 91.0 Å². The molecule has 0 aliphatic heterocycles. The summed E-state index contributed by atoms with van der Waals surface area (Å²) in [6.07, 6.45) is 9.12. The summed E-state index contributed by atoms with van der Waals surface area (Å²) in [6, 6.07) is 29.3. The maximum atomic E-state index is 12.4. The van der Waals surface area contributed by atoms with E-state index in [4.69, 9.17) is 27.9 Å². The molecule has 2 fully saturated rings. The van der Waals surface area contributed by atoms with E-state index >= 15 is 0 Å². The zero-order valence-corrected chi connectivity index (χ0v) is 21.1. The first-order chi connectivity index (χ1) is 16.6. The number of ether oxygens (including phenoxy) is 1. The van der Waals surface area contributed by atoms with Gasteiger partial charge in [-0.15, -0.1) is 0 Å². The molecule has 2 saturated carbocycles. The lowest BCUT2D eigenvalue weighted by Gasteiger charge is -2.36. The normalized spacial score (nSPS) is 19.7. The Kier molecular flexibility index (Phi) is 11.5. The molecule has 0 amide bonds. The van der Waals surface area contributed by atoms with E-state index < -0.39 is 0 Å². The van der Waals surface area contributed by atoms with Gasteiger partial charge in [0.05, 0.1) is 5.92 Å². The Labute approximate surface area is 214 Å². The topological polar surface area (TPSA) is 26.3 Å². The van der Waals surface area contributed by atoms with Crippen LogP contribution < -0.4 is 0 Å². The molecular weight excluding hydrogens is 463 g/mol. The van der Waals surface area contributed by atoms with E-state index in [0.717, 1.165) is 41.3 Å². The molecule has 0 heterocycles. The zero-order valence-electron chi connectivity index (χ0n) is 19.6. The van der Waals surface area contributed by atoms with Crippen LogP contribution in [0.2, 0.25) is 10.0 Å². The van der Waals surface area contributed by atoms with Crippen molar-refractivity contribution in [3.8, 4) is 0 Å².